The van der Waals surface area contributed by atoms with Crippen LogP contribution in [0.3, 0.4) is 0 Å². The number of carbonyl (C=O) groups excluding carboxylic acids is 1. The highest BCUT2D eigenvalue weighted by Crippen LogP contribution is 2.19. The van der Waals surface area contributed by atoms with Gasteiger partial charge < -0.3 is 14.8 Å². The van der Waals surface area contributed by atoms with Crippen LogP contribution in [0.15, 0.2) is 76.1 Å². The molecule has 1 amide bonds. The average molecular weight is 321 g/mol. The van der Waals surface area contributed by atoms with Crippen LogP contribution in [0.25, 0.3) is 11.1 Å². The van der Waals surface area contributed by atoms with Crippen molar-refractivity contribution in [3.63, 3.8) is 0 Å². The zero-order chi connectivity index (χ0) is 16.9. The van der Waals surface area contributed by atoms with Crippen LogP contribution in [-0.2, 0) is 6.54 Å². The van der Waals surface area contributed by atoms with Gasteiger partial charge in [0.15, 0.2) is 0 Å². The fraction of sp³-hybridized carbons (Fsp3) is 0.0526. The largest absolute Gasteiger partial charge is 0.501 e. The highest BCUT2D eigenvalue weighted by Gasteiger charge is 2.16. The minimum absolute atomic E-state index is 0.256. The van der Waals surface area contributed by atoms with E-state index >= 15 is 0 Å². The lowest BCUT2D eigenvalue weighted by Crippen LogP contribution is -2.24. The number of aromatic hydroxyl groups is 1. The van der Waals surface area contributed by atoms with Crippen molar-refractivity contribution in [1.29, 1.82) is 0 Å². The summed E-state index contributed by atoms with van der Waals surface area (Å²) in [6.07, 6.45) is 1.08. The van der Waals surface area contributed by atoms with Crippen LogP contribution < -0.4 is 10.7 Å². The topological polar surface area (TPSA) is 79.5 Å². The highest BCUT2D eigenvalue weighted by molar-refractivity contribution is 5.93. The number of nitrogens with one attached hydrogen (secondary N) is 1. The Labute approximate surface area is 138 Å². The molecular weight excluding hydrogens is 306 g/mol. The van der Waals surface area contributed by atoms with Crippen molar-refractivity contribution in [2.45, 2.75) is 6.54 Å². The van der Waals surface area contributed by atoms with Gasteiger partial charge >= 0.3 is 0 Å². The van der Waals surface area contributed by atoms with E-state index in [4.69, 9.17) is 4.42 Å². The first-order valence-corrected chi connectivity index (χ1v) is 7.38. The average Bonchev–Trinajstić information content (AvgIpc) is 2.63. The van der Waals surface area contributed by atoms with Gasteiger partial charge in [-0.05, 0) is 16.7 Å². The second-order valence-corrected chi connectivity index (χ2v) is 5.21. The van der Waals surface area contributed by atoms with Crippen molar-refractivity contribution in [2.75, 3.05) is 0 Å². The quantitative estimate of drug-likeness (QED) is 0.774. The molecule has 0 aliphatic carbocycles. The van der Waals surface area contributed by atoms with Gasteiger partial charge in [0, 0.05) is 12.6 Å². The van der Waals surface area contributed by atoms with Crippen molar-refractivity contribution in [3.05, 3.63) is 88.5 Å². The minimum Gasteiger partial charge on any atom is -0.501 e. The van der Waals surface area contributed by atoms with Crippen molar-refractivity contribution in [3.8, 4) is 16.9 Å². The van der Waals surface area contributed by atoms with Gasteiger partial charge in [0.25, 0.3) is 5.91 Å². The Morgan fingerprint density at radius 2 is 1.62 bits per heavy atom. The Bertz CT molecular complexity index is 899. The molecule has 5 heteroatoms. The summed E-state index contributed by atoms with van der Waals surface area (Å²) in [5.74, 6) is -1.71. The molecule has 2 aromatic carbocycles. The monoisotopic (exact) mass is 321 g/mol. The first-order valence-electron chi connectivity index (χ1n) is 7.38. The van der Waals surface area contributed by atoms with Gasteiger partial charge in [-0.15, -0.1) is 0 Å². The van der Waals surface area contributed by atoms with Crippen molar-refractivity contribution in [2.24, 2.45) is 0 Å². The van der Waals surface area contributed by atoms with E-state index in [1.807, 2.05) is 54.6 Å². The summed E-state index contributed by atoms with van der Waals surface area (Å²) in [5, 5.41) is 12.2. The maximum absolute atomic E-state index is 12.0. The molecule has 0 saturated heterocycles. The molecule has 0 aliphatic heterocycles. The SMILES string of the molecule is O=C(NCc1ccc(-c2ccccc2)cc1)c1occc(=O)c1O. The van der Waals surface area contributed by atoms with Crippen LogP contribution in [0, 0.1) is 0 Å². The van der Waals surface area contributed by atoms with Gasteiger partial charge in [-0.25, -0.2) is 0 Å². The molecule has 0 bridgehead atoms. The summed E-state index contributed by atoms with van der Waals surface area (Å²) in [5.41, 5.74) is 2.43. The molecular formula is C19H15NO4. The summed E-state index contributed by atoms with van der Waals surface area (Å²) in [6.45, 7) is 0.256. The highest BCUT2D eigenvalue weighted by atomic mass is 16.4. The van der Waals surface area contributed by atoms with Crippen LogP contribution >= 0.6 is 0 Å². The molecule has 0 atom stereocenters. The summed E-state index contributed by atoms with van der Waals surface area (Å²) < 4.78 is 4.90. The molecule has 0 saturated carbocycles. The fourth-order valence-corrected chi connectivity index (χ4v) is 2.28. The molecule has 0 spiro atoms. The minimum atomic E-state index is -0.686. The molecule has 2 N–H and O–H groups in total. The third-order valence-corrected chi connectivity index (χ3v) is 3.57. The van der Waals surface area contributed by atoms with E-state index in [1.54, 1.807) is 0 Å². The Kier molecular flexibility index (Phi) is 4.43. The van der Waals surface area contributed by atoms with Crippen molar-refractivity contribution < 1.29 is 14.3 Å². The lowest BCUT2D eigenvalue weighted by Gasteiger charge is -2.07. The maximum Gasteiger partial charge on any atom is 0.291 e. The fourth-order valence-electron chi connectivity index (χ4n) is 2.28. The van der Waals surface area contributed by atoms with E-state index in [2.05, 4.69) is 5.32 Å². The lowest BCUT2D eigenvalue weighted by molar-refractivity contribution is 0.0915. The van der Waals surface area contributed by atoms with Crippen LogP contribution in [0.4, 0.5) is 0 Å². The number of hydrogen-bond acceptors (Lipinski definition) is 4. The van der Waals surface area contributed by atoms with Crippen LogP contribution in [0.2, 0.25) is 0 Å². The summed E-state index contributed by atoms with van der Waals surface area (Å²) in [4.78, 5) is 23.3. The van der Waals surface area contributed by atoms with Crippen LogP contribution in [0.5, 0.6) is 5.75 Å². The molecule has 0 radical (unpaired) electrons. The number of hydrogen-bond donors (Lipinski definition) is 2. The summed E-state index contributed by atoms with van der Waals surface area (Å²) in [7, 11) is 0. The molecule has 0 unspecified atom stereocenters. The molecule has 0 fully saturated rings. The second-order valence-electron chi connectivity index (χ2n) is 5.21. The van der Waals surface area contributed by atoms with Crippen LogP contribution in [0.1, 0.15) is 16.1 Å². The Morgan fingerprint density at radius 3 is 2.33 bits per heavy atom. The molecule has 0 aliphatic rings. The number of rotatable bonds is 4. The predicted octanol–water partition coefficient (Wildman–Crippen LogP) is 2.94. The third-order valence-electron chi connectivity index (χ3n) is 3.57. The van der Waals surface area contributed by atoms with Gasteiger partial charge in [-0.1, -0.05) is 54.6 Å². The smallest absolute Gasteiger partial charge is 0.291 e. The second kappa shape index (κ2) is 6.83. The van der Waals surface area contributed by atoms with Gasteiger partial charge in [0.05, 0.1) is 6.26 Å². The number of benzene rings is 2. The Hall–Kier alpha value is -3.34. The van der Waals surface area contributed by atoms with Gasteiger partial charge in [0.1, 0.15) is 0 Å². The lowest BCUT2D eigenvalue weighted by atomic mass is 10.0. The number of carbonyl (C=O) groups is 1. The Balaban J connectivity index is 1.68. The molecule has 120 valence electrons. The standard InChI is InChI=1S/C19H15NO4/c21-16-10-11-24-18(17(16)22)19(23)20-12-13-6-8-15(9-7-13)14-4-2-1-3-5-14/h1-11,22H,12H2,(H,20,23). The number of amides is 1. The van der Waals surface area contributed by atoms with E-state index in [0.717, 1.165) is 29.0 Å². The summed E-state index contributed by atoms with van der Waals surface area (Å²) in [6, 6.07) is 18.8. The van der Waals surface area contributed by atoms with E-state index in [-0.39, 0.29) is 12.3 Å². The Morgan fingerprint density at radius 1 is 0.958 bits per heavy atom. The molecule has 3 aromatic rings. The molecule has 3 rings (SSSR count). The molecule has 24 heavy (non-hydrogen) atoms. The van der Waals surface area contributed by atoms with E-state index < -0.39 is 17.1 Å². The van der Waals surface area contributed by atoms with E-state index in [0.29, 0.717) is 0 Å². The third kappa shape index (κ3) is 3.35. The zero-order valence-electron chi connectivity index (χ0n) is 12.7. The zero-order valence-corrected chi connectivity index (χ0v) is 12.7. The predicted molar refractivity (Wildman–Crippen MR) is 89.7 cm³/mol. The normalized spacial score (nSPS) is 10.3. The summed E-state index contributed by atoms with van der Waals surface area (Å²) >= 11 is 0. The van der Waals surface area contributed by atoms with Gasteiger partial charge in [0.2, 0.25) is 16.9 Å². The molecule has 1 heterocycles. The van der Waals surface area contributed by atoms with Crippen molar-refractivity contribution in [1.82, 2.24) is 5.32 Å². The van der Waals surface area contributed by atoms with E-state index in [1.165, 1.54) is 0 Å². The first-order chi connectivity index (χ1) is 11.6. The molecule has 5 nitrogen and oxygen atoms in total. The van der Waals surface area contributed by atoms with Crippen molar-refractivity contribution >= 4 is 5.91 Å². The van der Waals surface area contributed by atoms with Gasteiger partial charge in [-0.2, -0.15) is 0 Å². The maximum atomic E-state index is 12.0. The van der Waals surface area contributed by atoms with Gasteiger partial charge in [-0.3, -0.25) is 9.59 Å². The molecule has 1 aromatic heterocycles. The first kappa shape index (κ1) is 15.6. The van der Waals surface area contributed by atoms with Crippen LogP contribution in [-0.4, -0.2) is 11.0 Å². The van der Waals surface area contributed by atoms with E-state index in [9.17, 15) is 14.7 Å².